The summed E-state index contributed by atoms with van der Waals surface area (Å²) in [5.41, 5.74) is 0.564. The zero-order valence-electron chi connectivity index (χ0n) is 4.91. The molecule has 0 bridgehead atoms. The molecule has 2 aromatic rings. The van der Waals surface area contributed by atoms with E-state index in [9.17, 15) is 0 Å². The van der Waals surface area contributed by atoms with Gasteiger partial charge in [-0.1, -0.05) is 5.16 Å². The highest BCUT2D eigenvalue weighted by Crippen LogP contribution is 2.19. The highest BCUT2D eigenvalue weighted by molar-refractivity contribution is 9.10. The van der Waals surface area contributed by atoms with Crippen molar-refractivity contribution in [3.63, 3.8) is 0 Å². The minimum atomic E-state index is 0.564. The number of hydrogen-bond donors (Lipinski definition) is 0. The average molecular weight is 199 g/mol. The number of rotatable bonds is 0. The van der Waals surface area contributed by atoms with Crippen LogP contribution < -0.4 is 0 Å². The number of aromatic nitrogens is 2. The standard InChI is InChI=1S/C6H3BrN2O/c7-5-4-2-1-3-8-6(4)10-9-5/h1-3H. The van der Waals surface area contributed by atoms with Crippen LogP contribution in [0.2, 0.25) is 0 Å². The van der Waals surface area contributed by atoms with Crippen LogP contribution >= 0.6 is 15.9 Å². The van der Waals surface area contributed by atoms with E-state index in [0.717, 1.165) is 5.39 Å². The third-order valence-corrected chi connectivity index (χ3v) is 1.78. The Bertz CT molecular complexity index is 357. The molecule has 0 atom stereocenters. The molecule has 2 heterocycles. The molecular weight excluding hydrogens is 196 g/mol. The molecule has 0 aliphatic heterocycles. The van der Waals surface area contributed by atoms with Crippen LogP contribution in [0.25, 0.3) is 11.1 Å². The third-order valence-electron chi connectivity index (χ3n) is 1.21. The summed E-state index contributed by atoms with van der Waals surface area (Å²) in [4.78, 5) is 3.94. The Morgan fingerprint density at radius 3 is 3.20 bits per heavy atom. The molecule has 0 aliphatic rings. The zero-order valence-corrected chi connectivity index (χ0v) is 6.50. The fourth-order valence-electron chi connectivity index (χ4n) is 0.753. The maximum absolute atomic E-state index is 4.84. The van der Waals surface area contributed by atoms with Crippen molar-refractivity contribution < 1.29 is 4.52 Å². The Labute approximate surface area is 65.2 Å². The van der Waals surface area contributed by atoms with Gasteiger partial charge in [-0.2, -0.15) is 0 Å². The maximum Gasteiger partial charge on any atom is 0.258 e. The number of nitrogens with zero attached hydrogens (tertiary/aromatic N) is 2. The second-order valence-corrected chi connectivity index (χ2v) is 2.58. The first-order chi connectivity index (χ1) is 4.88. The van der Waals surface area contributed by atoms with Crippen LogP contribution in [-0.2, 0) is 0 Å². The highest BCUT2D eigenvalue weighted by Gasteiger charge is 2.02. The van der Waals surface area contributed by atoms with Gasteiger partial charge in [0.15, 0.2) is 4.60 Å². The fraction of sp³-hybridized carbons (Fsp3) is 0. The van der Waals surface area contributed by atoms with E-state index in [-0.39, 0.29) is 0 Å². The summed E-state index contributed by atoms with van der Waals surface area (Å²) in [5, 5.41) is 4.58. The Hall–Kier alpha value is -0.900. The molecule has 2 aromatic heterocycles. The van der Waals surface area contributed by atoms with Gasteiger partial charge in [0, 0.05) is 6.20 Å². The summed E-state index contributed by atoms with van der Waals surface area (Å²) in [7, 11) is 0. The van der Waals surface area contributed by atoms with Crippen molar-refractivity contribution in [2.24, 2.45) is 0 Å². The van der Waals surface area contributed by atoms with Crippen LogP contribution in [-0.4, -0.2) is 10.1 Å². The SMILES string of the molecule is Brc1noc2ncccc12. The normalized spacial score (nSPS) is 10.5. The molecular formula is C6H3BrN2O. The number of hydrogen-bond acceptors (Lipinski definition) is 3. The van der Waals surface area contributed by atoms with Gasteiger partial charge in [0.1, 0.15) is 0 Å². The largest absolute Gasteiger partial charge is 0.335 e. The molecule has 2 rings (SSSR count). The third kappa shape index (κ3) is 0.724. The van der Waals surface area contributed by atoms with Gasteiger partial charge in [-0.3, -0.25) is 0 Å². The van der Waals surface area contributed by atoms with Crippen molar-refractivity contribution in [2.75, 3.05) is 0 Å². The summed E-state index contributed by atoms with van der Waals surface area (Å²) < 4.78 is 5.54. The Balaban J connectivity index is 2.93. The Morgan fingerprint density at radius 1 is 1.50 bits per heavy atom. The number of pyridine rings is 1. The molecule has 0 amide bonds. The van der Waals surface area contributed by atoms with E-state index in [1.807, 2.05) is 12.1 Å². The molecule has 0 radical (unpaired) electrons. The van der Waals surface area contributed by atoms with Crippen molar-refractivity contribution in [1.82, 2.24) is 10.1 Å². The van der Waals surface area contributed by atoms with Gasteiger partial charge in [-0.05, 0) is 28.1 Å². The topological polar surface area (TPSA) is 38.9 Å². The van der Waals surface area contributed by atoms with Gasteiger partial charge in [0.25, 0.3) is 5.71 Å². The molecule has 0 fully saturated rings. The van der Waals surface area contributed by atoms with Crippen molar-refractivity contribution in [3.8, 4) is 0 Å². The molecule has 0 N–H and O–H groups in total. The lowest BCUT2D eigenvalue weighted by Gasteiger charge is -1.80. The van der Waals surface area contributed by atoms with E-state index >= 15 is 0 Å². The minimum Gasteiger partial charge on any atom is -0.335 e. The lowest BCUT2D eigenvalue weighted by Crippen LogP contribution is -1.68. The summed E-state index contributed by atoms with van der Waals surface area (Å²) in [5.74, 6) is 0. The molecule has 4 heteroatoms. The summed E-state index contributed by atoms with van der Waals surface area (Å²) in [6, 6.07) is 3.73. The van der Waals surface area contributed by atoms with E-state index < -0.39 is 0 Å². The summed E-state index contributed by atoms with van der Waals surface area (Å²) in [6.07, 6.45) is 1.67. The van der Waals surface area contributed by atoms with Gasteiger partial charge in [0.05, 0.1) is 5.39 Å². The summed E-state index contributed by atoms with van der Waals surface area (Å²) in [6.45, 7) is 0. The Kier molecular flexibility index (Phi) is 1.20. The van der Waals surface area contributed by atoms with Crippen molar-refractivity contribution in [3.05, 3.63) is 22.9 Å². The van der Waals surface area contributed by atoms with Crippen LogP contribution in [0.5, 0.6) is 0 Å². The molecule has 0 saturated carbocycles. The second kappa shape index (κ2) is 2.05. The summed E-state index contributed by atoms with van der Waals surface area (Å²) >= 11 is 3.22. The van der Waals surface area contributed by atoms with Crippen molar-refractivity contribution >= 4 is 27.0 Å². The first-order valence-corrected chi connectivity index (χ1v) is 3.53. The van der Waals surface area contributed by atoms with Gasteiger partial charge < -0.3 is 4.52 Å². The fourth-order valence-corrected chi connectivity index (χ4v) is 1.13. The predicted octanol–water partition coefficient (Wildman–Crippen LogP) is 1.99. The predicted molar refractivity (Wildman–Crippen MR) is 39.5 cm³/mol. The molecule has 0 aromatic carbocycles. The van der Waals surface area contributed by atoms with Crippen molar-refractivity contribution in [1.29, 1.82) is 0 Å². The molecule has 0 aliphatic carbocycles. The van der Waals surface area contributed by atoms with E-state index in [4.69, 9.17) is 4.52 Å². The number of fused-ring (bicyclic) bond motifs is 1. The van der Waals surface area contributed by atoms with E-state index in [0.29, 0.717) is 10.3 Å². The minimum absolute atomic E-state index is 0.564. The zero-order chi connectivity index (χ0) is 6.97. The van der Waals surface area contributed by atoms with Gasteiger partial charge in [-0.25, -0.2) is 4.98 Å². The first-order valence-electron chi connectivity index (χ1n) is 2.74. The Morgan fingerprint density at radius 2 is 2.40 bits per heavy atom. The second-order valence-electron chi connectivity index (χ2n) is 1.83. The lowest BCUT2D eigenvalue weighted by atomic mass is 10.4. The van der Waals surface area contributed by atoms with Crippen LogP contribution in [0, 0.1) is 0 Å². The average Bonchev–Trinajstić information content (AvgIpc) is 2.34. The van der Waals surface area contributed by atoms with E-state index in [1.165, 1.54) is 0 Å². The quantitative estimate of drug-likeness (QED) is 0.651. The maximum atomic E-state index is 4.84. The first kappa shape index (κ1) is 5.85. The van der Waals surface area contributed by atoms with Gasteiger partial charge in [0.2, 0.25) is 0 Å². The smallest absolute Gasteiger partial charge is 0.258 e. The van der Waals surface area contributed by atoms with Gasteiger partial charge >= 0.3 is 0 Å². The van der Waals surface area contributed by atoms with Crippen LogP contribution in [0.15, 0.2) is 27.5 Å². The van der Waals surface area contributed by atoms with E-state index in [1.54, 1.807) is 6.20 Å². The molecule has 10 heavy (non-hydrogen) atoms. The molecule has 0 spiro atoms. The van der Waals surface area contributed by atoms with Crippen molar-refractivity contribution in [2.45, 2.75) is 0 Å². The highest BCUT2D eigenvalue weighted by atomic mass is 79.9. The van der Waals surface area contributed by atoms with Crippen LogP contribution in [0.3, 0.4) is 0 Å². The monoisotopic (exact) mass is 198 g/mol. The lowest BCUT2D eigenvalue weighted by molar-refractivity contribution is 0.444. The van der Waals surface area contributed by atoms with Crippen LogP contribution in [0.4, 0.5) is 0 Å². The number of halogens is 1. The van der Waals surface area contributed by atoms with E-state index in [2.05, 4.69) is 26.1 Å². The molecule has 50 valence electrons. The van der Waals surface area contributed by atoms with Crippen LogP contribution in [0.1, 0.15) is 0 Å². The molecule has 0 unspecified atom stereocenters. The molecule has 0 saturated heterocycles. The van der Waals surface area contributed by atoms with Gasteiger partial charge in [-0.15, -0.1) is 0 Å². The molecule has 3 nitrogen and oxygen atoms in total.